The molecule has 1 aliphatic heterocycles. The molecule has 0 N–H and O–H groups in total. The highest BCUT2D eigenvalue weighted by atomic mass is 16.5. The zero-order valence-corrected chi connectivity index (χ0v) is 17.3. The number of hydrogen-bond acceptors (Lipinski definition) is 6. The van der Waals surface area contributed by atoms with Crippen LogP contribution in [0.3, 0.4) is 0 Å². The summed E-state index contributed by atoms with van der Waals surface area (Å²) in [6.07, 6.45) is 7.46. The molecule has 1 aromatic heterocycles. The van der Waals surface area contributed by atoms with Crippen molar-refractivity contribution in [1.82, 2.24) is 30.0 Å². The van der Waals surface area contributed by atoms with Crippen molar-refractivity contribution >= 4 is 5.91 Å². The number of methoxy groups -OCH3 is 1. The van der Waals surface area contributed by atoms with E-state index < -0.39 is 0 Å². The minimum absolute atomic E-state index is 0.213. The van der Waals surface area contributed by atoms with Crippen molar-refractivity contribution in [3.05, 3.63) is 5.82 Å². The molecule has 2 heterocycles. The highest BCUT2D eigenvalue weighted by Gasteiger charge is 2.47. The van der Waals surface area contributed by atoms with Crippen molar-refractivity contribution in [2.75, 3.05) is 40.9 Å². The number of amides is 1. The molecule has 0 spiro atoms. The quantitative estimate of drug-likeness (QED) is 0.749. The van der Waals surface area contributed by atoms with Gasteiger partial charge in [-0.15, -0.1) is 5.10 Å². The molecule has 8 heteroatoms. The van der Waals surface area contributed by atoms with Crippen LogP contribution in [0.4, 0.5) is 0 Å². The van der Waals surface area contributed by atoms with Crippen LogP contribution in [-0.2, 0) is 21.6 Å². The SMILES string of the molecule is COCCn1nnnc1C1(N(C)C)CCCN(C(=O)C2(C)CCCCC2)C1. The maximum atomic E-state index is 13.4. The lowest BCUT2D eigenvalue weighted by Gasteiger charge is -2.48. The Balaban J connectivity index is 1.86. The first-order chi connectivity index (χ1) is 12.9. The third kappa shape index (κ3) is 3.87. The van der Waals surface area contributed by atoms with Gasteiger partial charge in [-0.1, -0.05) is 26.2 Å². The minimum Gasteiger partial charge on any atom is -0.383 e. The lowest BCUT2D eigenvalue weighted by atomic mass is 9.74. The van der Waals surface area contributed by atoms with E-state index in [2.05, 4.69) is 46.3 Å². The van der Waals surface area contributed by atoms with Crippen LogP contribution >= 0.6 is 0 Å². The van der Waals surface area contributed by atoms with Crippen LogP contribution in [0.5, 0.6) is 0 Å². The Morgan fingerprint density at radius 2 is 1.93 bits per heavy atom. The molecule has 27 heavy (non-hydrogen) atoms. The molecule has 0 radical (unpaired) electrons. The zero-order valence-electron chi connectivity index (χ0n) is 17.3. The van der Waals surface area contributed by atoms with Crippen molar-refractivity contribution in [2.45, 2.75) is 64.0 Å². The number of piperidine rings is 1. The summed E-state index contributed by atoms with van der Waals surface area (Å²) < 4.78 is 7.04. The number of carbonyl (C=O) groups excluding carboxylic acids is 1. The molecule has 2 aliphatic rings. The number of likely N-dealkylation sites (N-methyl/N-ethyl adjacent to an activating group) is 1. The van der Waals surface area contributed by atoms with E-state index in [1.165, 1.54) is 6.42 Å². The second-order valence-electron chi connectivity index (χ2n) is 8.60. The Morgan fingerprint density at radius 1 is 1.19 bits per heavy atom. The van der Waals surface area contributed by atoms with E-state index in [0.29, 0.717) is 25.6 Å². The molecule has 2 fully saturated rings. The van der Waals surface area contributed by atoms with E-state index >= 15 is 0 Å². The van der Waals surface area contributed by atoms with E-state index in [1.807, 2.05) is 4.68 Å². The van der Waals surface area contributed by atoms with Gasteiger partial charge in [0.15, 0.2) is 5.82 Å². The predicted octanol–water partition coefficient (Wildman–Crippen LogP) is 1.67. The molecule has 1 aliphatic carbocycles. The first-order valence-electron chi connectivity index (χ1n) is 10.2. The first-order valence-corrected chi connectivity index (χ1v) is 10.2. The van der Waals surface area contributed by atoms with E-state index in [4.69, 9.17) is 4.74 Å². The van der Waals surface area contributed by atoms with Crippen LogP contribution in [-0.4, -0.2) is 76.8 Å². The Hall–Kier alpha value is -1.54. The van der Waals surface area contributed by atoms with Crippen molar-refractivity contribution in [1.29, 1.82) is 0 Å². The molecule has 1 saturated carbocycles. The standard InChI is InChI=1S/C19H34N6O2/c1-18(9-6-5-7-10-18)17(26)24-12-8-11-19(15-24,23(2)3)16-20-21-22-25(16)13-14-27-4/h5-15H2,1-4H3. The van der Waals surface area contributed by atoms with Crippen LogP contribution in [0, 0.1) is 5.41 Å². The summed E-state index contributed by atoms with van der Waals surface area (Å²) in [7, 11) is 5.80. The van der Waals surface area contributed by atoms with Crippen molar-refractivity contribution in [3.8, 4) is 0 Å². The van der Waals surface area contributed by atoms with Gasteiger partial charge in [-0.05, 0) is 50.2 Å². The fourth-order valence-corrected chi connectivity index (χ4v) is 4.75. The second-order valence-corrected chi connectivity index (χ2v) is 8.60. The number of ether oxygens (including phenoxy) is 1. The van der Waals surface area contributed by atoms with Crippen molar-refractivity contribution < 1.29 is 9.53 Å². The molecular weight excluding hydrogens is 344 g/mol. The van der Waals surface area contributed by atoms with Gasteiger partial charge in [-0.2, -0.15) is 0 Å². The van der Waals surface area contributed by atoms with Gasteiger partial charge < -0.3 is 9.64 Å². The van der Waals surface area contributed by atoms with Gasteiger partial charge in [0.25, 0.3) is 0 Å². The van der Waals surface area contributed by atoms with E-state index in [9.17, 15) is 4.79 Å². The third-order valence-corrected chi connectivity index (χ3v) is 6.54. The second kappa shape index (κ2) is 8.22. The van der Waals surface area contributed by atoms with Gasteiger partial charge in [0.05, 0.1) is 13.2 Å². The molecule has 1 aromatic rings. The zero-order chi connectivity index (χ0) is 19.5. The van der Waals surface area contributed by atoms with Crippen LogP contribution < -0.4 is 0 Å². The van der Waals surface area contributed by atoms with Crippen molar-refractivity contribution in [2.24, 2.45) is 5.41 Å². The van der Waals surface area contributed by atoms with Crippen LogP contribution in [0.15, 0.2) is 0 Å². The smallest absolute Gasteiger partial charge is 0.228 e. The van der Waals surface area contributed by atoms with Crippen LogP contribution in [0.1, 0.15) is 57.7 Å². The average molecular weight is 379 g/mol. The molecule has 0 bridgehead atoms. The molecule has 1 unspecified atom stereocenters. The fraction of sp³-hybridized carbons (Fsp3) is 0.895. The number of rotatable bonds is 6. The summed E-state index contributed by atoms with van der Waals surface area (Å²) in [6, 6.07) is 0. The lowest BCUT2D eigenvalue weighted by Crippen LogP contribution is -2.58. The topological polar surface area (TPSA) is 76.4 Å². The summed E-state index contributed by atoms with van der Waals surface area (Å²) in [5, 5.41) is 12.5. The van der Waals surface area contributed by atoms with Gasteiger partial charge in [0, 0.05) is 25.6 Å². The summed E-state index contributed by atoms with van der Waals surface area (Å²) in [6.45, 7) is 4.79. The molecule has 1 amide bonds. The summed E-state index contributed by atoms with van der Waals surface area (Å²) >= 11 is 0. The molecule has 0 aromatic carbocycles. The van der Waals surface area contributed by atoms with Crippen molar-refractivity contribution in [3.63, 3.8) is 0 Å². The monoisotopic (exact) mass is 378 g/mol. The number of aromatic nitrogens is 4. The van der Waals surface area contributed by atoms with Crippen LogP contribution in [0.2, 0.25) is 0 Å². The van der Waals surface area contributed by atoms with Gasteiger partial charge in [0.2, 0.25) is 5.91 Å². The Kier molecular flexibility index (Phi) is 6.15. The molecule has 1 atom stereocenters. The Bertz CT molecular complexity index is 640. The fourth-order valence-electron chi connectivity index (χ4n) is 4.75. The lowest BCUT2D eigenvalue weighted by molar-refractivity contribution is -0.147. The van der Waals surface area contributed by atoms with E-state index in [1.54, 1.807) is 7.11 Å². The number of nitrogens with zero attached hydrogens (tertiary/aromatic N) is 6. The maximum absolute atomic E-state index is 13.4. The molecule has 8 nitrogen and oxygen atoms in total. The number of hydrogen-bond donors (Lipinski definition) is 0. The van der Waals surface area contributed by atoms with E-state index in [-0.39, 0.29) is 11.0 Å². The van der Waals surface area contributed by atoms with Gasteiger partial charge in [0.1, 0.15) is 5.54 Å². The average Bonchev–Trinajstić information content (AvgIpc) is 3.15. The van der Waals surface area contributed by atoms with Gasteiger partial charge in [-0.3, -0.25) is 9.69 Å². The molecule has 152 valence electrons. The number of carbonyl (C=O) groups is 1. The summed E-state index contributed by atoms with van der Waals surface area (Å²) in [4.78, 5) is 17.7. The molecule has 1 saturated heterocycles. The van der Waals surface area contributed by atoms with Gasteiger partial charge >= 0.3 is 0 Å². The summed E-state index contributed by atoms with van der Waals surface area (Å²) in [5.74, 6) is 1.14. The highest BCUT2D eigenvalue weighted by molar-refractivity contribution is 5.82. The Morgan fingerprint density at radius 3 is 2.59 bits per heavy atom. The Labute approximate surface area is 162 Å². The minimum atomic E-state index is -0.365. The third-order valence-electron chi connectivity index (χ3n) is 6.54. The summed E-state index contributed by atoms with van der Waals surface area (Å²) in [5.41, 5.74) is -0.578. The van der Waals surface area contributed by atoms with Gasteiger partial charge in [-0.25, -0.2) is 4.68 Å². The largest absolute Gasteiger partial charge is 0.383 e. The van der Waals surface area contributed by atoms with Crippen LogP contribution in [0.25, 0.3) is 0 Å². The molecular formula is C19H34N6O2. The van der Waals surface area contributed by atoms with E-state index in [0.717, 1.165) is 50.9 Å². The first kappa shape index (κ1) is 20.2. The number of likely N-dealkylation sites (tertiary alicyclic amines) is 1. The highest BCUT2D eigenvalue weighted by Crippen LogP contribution is 2.41. The maximum Gasteiger partial charge on any atom is 0.228 e. The molecule has 3 rings (SSSR count). The number of tetrazole rings is 1. The predicted molar refractivity (Wildman–Crippen MR) is 102 cm³/mol. The normalized spacial score (nSPS) is 25.7.